The van der Waals surface area contributed by atoms with Crippen molar-refractivity contribution >= 4 is 33.0 Å². The quantitative estimate of drug-likeness (QED) is 0.573. The van der Waals surface area contributed by atoms with Gasteiger partial charge in [-0.15, -0.1) is 11.3 Å². The van der Waals surface area contributed by atoms with Crippen LogP contribution in [0.4, 0.5) is 5.69 Å². The molecule has 0 aliphatic heterocycles. The Bertz CT molecular complexity index is 721. The van der Waals surface area contributed by atoms with Crippen molar-refractivity contribution in [1.29, 1.82) is 0 Å². The maximum Gasteiger partial charge on any atom is 0.0579 e. The number of halogens is 1. The summed E-state index contributed by atoms with van der Waals surface area (Å²) in [4.78, 5) is 1.32. The minimum absolute atomic E-state index is 0.283. The van der Waals surface area contributed by atoms with Crippen molar-refractivity contribution in [3.63, 3.8) is 0 Å². The molecule has 21 heavy (non-hydrogen) atoms. The van der Waals surface area contributed by atoms with Crippen LogP contribution in [0.5, 0.6) is 0 Å². The van der Waals surface area contributed by atoms with Gasteiger partial charge in [-0.1, -0.05) is 48.5 Å². The first-order valence-corrected chi connectivity index (χ1v) is 8.56. The topological polar surface area (TPSA) is 12.0 Å². The van der Waals surface area contributed by atoms with Crippen molar-refractivity contribution < 1.29 is 0 Å². The monoisotopic (exact) mass is 357 g/mol. The summed E-state index contributed by atoms with van der Waals surface area (Å²) >= 11 is 5.29. The van der Waals surface area contributed by atoms with Crippen LogP contribution in [0.15, 0.2) is 70.5 Å². The molecule has 3 rings (SSSR count). The molecule has 0 radical (unpaired) electrons. The number of hydrogen-bond donors (Lipinski definition) is 1. The molecule has 0 spiro atoms. The standard InChI is InChI=1S/C18H16BrNS/c1-13(18-11-15(19)12-21-18)20-17-10-6-5-9-16(17)14-7-3-2-4-8-14/h2-13,20H,1H3. The van der Waals surface area contributed by atoms with Gasteiger partial charge >= 0.3 is 0 Å². The number of thiophene rings is 1. The summed E-state index contributed by atoms with van der Waals surface area (Å²) in [6, 6.07) is 21.4. The van der Waals surface area contributed by atoms with Crippen molar-refractivity contribution in [2.45, 2.75) is 13.0 Å². The van der Waals surface area contributed by atoms with Crippen molar-refractivity contribution in [2.75, 3.05) is 5.32 Å². The van der Waals surface area contributed by atoms with Gasteiger partial charge in [0.25, 0.3) is 0 Å². The van der Waals surface area contributed by atoms with Crippen molar-refractivity contribution in [1.82, 2.24) is 0 Å². The van der Waals surface area contributed by atoms with Crippen molar-refractivity contribution in [3.8, 4) is 11.1 Å². The van der Waals surface area contributed by atoms with Crippen LogP contribution >= 0.6 is 27.3 Å². The molecule has 2 aromatic carbocycles. The molecule has 0 saturated carbocycles. The Morgan fingerprint density at radius 2 is 1.71 bits per heavy atom. The zero-order valence-electron chi connectivity index (χ0n) is 11.7. The number of rotatable bonds is 4. The van der Waals surface area contributed by atoms with E-state index < -0.39 is 0 Å². The molecule has 1 atom stereocenters. The number of anilines is 1. The fraction of sp³-hybridized carbons (Fsp3) is 0.111. The van der Waals surface area contributed by atoms with Gasteiger partial charge in [0, 0.05) is 26.0 Å². The van der Waals surface area contributed by atoms with Crippen molar-refractivity contribution in [2.24, 2.45) is 0 Å². The van der Waals surface area contributed by atoms with Crippen LogP contribution < -0.4 is 5.32 Å². The smallest absolute Gasteiger partial charge is 0.0579 e. The summed E-state index contributed by atoms with van der Waals surface area (Å²) in [5, 5.41) is 5.75. The van der Waals surface area contributed by atoms with E-state index in [1.165, 1.54) is 21.7 Å². The molecule has 1 heterocycles. The highest BCUT2D eigenvalue weighted by molar-refractivity contribution is 9.10. The predicted molar refractivity (Wildman–Crippen MR) is 95.9 cm³/mol. The average Bonchev–Trinajstić information content (AvgIpc) is 2.95. The third-order valence-electron chi connectivity index (χ3n) is 3.40. The summed E-state index contributed by atoms with van der Waals surface area (Å²) in [5.74, 6) is 0. The Morgan fingerprint density at radius 1 is 1.00 bits per heavy atom. The van der Waals surface area contributed by atoms with Gasteiger partial charge in [-0.2, -0.15) is 0 Å². The molecule has 1 aromatic heterocycles. The van der Waals surface area contributed by atoms with E-state index in [9.17, 15) is 0 Å². The van der Waals surface area contributed by atoms with E-state index in [2.05, 4.69) is 88.1 Å². The Balaban J connectivity index is 1.89. The maximum atomic E-state index is 3.63. The minimum Gasteiger partial charge on any atom is -0.377 e. The number of benzene rings is 2. The van der Waals surface area contributed by atoms with E-state index in [-0.39, 0.29) is 6.04 Å². The average molecular weight is 358 g/mol. The highest BCUT2D eigenvalue weighted by Gasteiger charge is 2.10. The van der Waals surface area contributed by atoms with Crippen LogP contribution in [-0.4, -0.2) is 0 Å². The van der Waals surface area contributed by atoms with Gasteiger partial charge in [0.1, 0.15) is 0 Å². The van der Waals surface area contributed by atoms with E-state index >= 15 is 0 Å². The largest absolute Gasteiger partial charge is 0.377 e. The molecule has 106 valence electrons. The van der Waals surface area contributed by atoms with Gasteiger partial charge in [-0.05, 0) is 40.5 Å². The summed E-state index contributed by atoms with van der Waals surface area (Å²) in [7, 11) is 0. The van der Waals surface area contributed by atoms with Crippen LogP contribution in [0.3, 0.4) is 0 Å². The van der Waals surface area contributed by atoms with Gasteiger partial charge in [0.15, 0.2) is 0 Å². The molecule has 0 aliphatic carbocycles. The first-order valence-electron chi connectivity index (χ1n) is 6.89. The predicted octanol–water partition coefficient (Wildman–Crippen LogP) is 6.35. The highest BCUT2D eigenvalue weighted by atomic mass is 79.9. The Morgan fingerprint density at radius 3 is 2.43 bits per heavy atom. The summed E-state index contributed by atoms with van der Waals surface area (Å²) in [6.07, 6.45) is 0. The van der Waals surface area contributed by atoms with Gasteiger partial charge < -0.3 is 5.32 Å². The molecule has 1 nitrogen and oxygen atoms in total. The second-order valence-corrected chi connectivity index (χ2v) is 6.80. The molecule has 1 unspecified atom stereocenters. The fourth-order valence-corrected chi connectivity index (χ4v) is 3.79. The fourth-order valence-electron chi connectivity index (χ4n) is 2.34. The molecule has 0 fully saturated rings. The van der Waals surface area contributed by atoms with Crippen LogP contribution in [-0.2, 0) is 0 Å². The molecule has 3 aromatic rings. The van der Waals surface area contributed by atoms with E-state index in [1.54, 1.807) is 11.3 Å². The summed E-state index contributed by atoms with van der Waals surface area (Å²) < 4.78 is 1.15. The highest BCUT2D eigenvalue weighted by Crippen LogP contribution is 2.32. The number of hydrogen-bond acceptors (Lipinski definition) is 2. The lowest BCUT2D eigenvalue weighted by Crippen LogP contribution is -2.05. The van der Waals surface area contributed by atoms with Gasteiger partial charge in [-0.25, -0.2) is 0 Å². The van der Waals surface area contributed by atoms with E-state index in [1.807, 2.05) is 6.07 Å². The Hall–Kier alpha value is -1.58. The second kappa shape index (κ2) is 6.46. The molecule has 0 bridgehead atoms. The van der Waals surface area contributed by atoms with Crippen LogP contribution in [0.25, 0.3) is 11.1 Å². The molecule has 1 N–H and O–H groups in total. The zero-order valence-corrected chi connectivity index (χ0v) is 14.1. The number of para-hydroxylation sites is 1. The lowest BCUT2D eigenvalue weighted by Gasteiger charge is -2.17. The molecular weight excluding hydrogens is 342 g/mol. The van der Waals surface area contributed by atoms with Gasteiger partial charge in [0.2, 0.25) is 0 Å². The zero-order chi connectivity index (χ0) is 14.7. The molecule has 0 amide bonds. The Labute approximate surface area is 137 Å². The minimum atomic E-state index is 0.283. The molecule has 3 heteroatoms. The molecule has 0 saturated heterocycles. The Kier molecular flexibility index (Phi) is 4.42. The second-order valence-electron chi connectivity index (χ2n) is 4.94. The van der Waals surface area contributed by atoms with E-state index in [4.69, 9.17) is 0 Å². The van der Waals surface area contributed by atoms with Gasteiger partial charge in [-0.3, -0.25) is 0 Å². The third-order valence-corrected chi connectivity index (χ3v) is 5.27. The van der Waals surface area contributed by atoms with Crippen LogP contribution in [0.1, 0.15) is 17.8 Å². The first kappa shape index (κ1) is 14.4. The molecule has 0 aliphatic rings. The van der Waals surface area contributed by atoms with E-state index in [0.29, 0.717) is 0 Å². The lowest BCUT2D eigenvalue weighted by atomic mass is 10.0. The molecular formula is C18H16BrNS. The van der Waals surface area contributed by atoms with E-state index in [0.717, 1.165) is 4.47 Å². The SMILES string of the molecule is CC(Nc1ccccc1-c1ccccc1)c1cc(Br)cs1. The lowest BCUT2D eigenvalue weighted by molar-refractivity contribution is 0.908. The van der Waals surface area contributed by atoms with Crippen LogP contribution in [0.2, 0.25) is 0 Å². The summed E-state index contributed by atoms with van der Waals surface area (Å²) in [5.41, 5.74) is 3.64. The number of nitrogens with one attached hydrogen (secondary N) is 1. The summed E-state index contributed by atoms with van der Waals surface area (Å²) in [6.45, 7) is 2.19. The third kappa shape index (κ3) is 3.36. The van der Waals surface area contributed by atoms with Crippen molar-refractivity contribution in [3.05, 3.63) is 75.4 Å². The normalized spacial score (nSPS) is 12.1. The van der Waals surface area contributed by atoms with Gasteiger partial charge in [0.05, 0.1) is 6.04 Å². The first-order chi connectivity index (χ1) is 10.2. The maximum absolute atomic E-state index is 3.63. The van der Waals surface area contributed by atoms with Crippen LogP contribution in [0, 0.1) is 0 Å².